The van der Waals surface area contributed by atoms with E-state index in [1.807, 2.05) is 24.3 Å². The summed E-state index contributed by atoms with van der Waals surface area (Å²) in [6, 6.07) is 7.68. The van der Waals surface area contributed by atoms with Crippen molar-refractivity contribution in [1.29, 1.82) is 0 Å². The Morgan fingerprint density at radius 2 is 2.24 bits per heavy atom. The largest absolute Gasteiger partial charge is 0.368 e. The number of alkyl halides is 1. The van der Waals surface area contributed by atoms with Crippen LogP contribution in [0, 0.1) is 0 Å². The van der Waals surface area contributed by atoms with E-state index in [0.717, 1.165) is 11.1 Å². The molecular formula is C12H11ClN2O2. The molecule has 4 nitrogen and oxygen atoms in total. The fourth-order valence-electron chi connectivity index (χ4n) is 2.25. The molecule has 1 amide bonds. The molecule has 88 valence electrons. The van der Waals surface area contributed by atoms with Gasteiger partial charge in [-0.15, -0.1) is 11.6 Å². The van der Waals surface area contributed by atoms with Gasteiger partial charge in [0, 0.05) is 5.56 Å². The van der Waals surface area contributed by atoms with E-state index in [0.29, 0.717) is 12.4 Å². The van der Waals surface area contributed by atoms with Crippen molar-refractivity contribution < 1.29 is 9.90 Å². The lowest BCUT2D eigenvalue weighted by Gasteiger charge is -2.31. The van der Waals surface area contributed by atoms with Gasteiger partial charge in [-0.25, -0.2) is 4.99 Å². The molecule has 1 aromatic carbocycles. The van der Waals surface area contributed by atoms with Crippen LogP contribution in [-0.4, -0.2) is 33.4 Å². The third-order valence-corrected chi connectivity index (χ3v) is 3.53. The third-order valence-electron chi connectivity index (χ3n) is 3.11. The van der Waals surface area contributed by atoms with Crippen molar-refractivity contribution in [3.8, 4) is 0 Å². The number of amidine groups is 1. The Kier molecular flexibility index (Phi) is 2.24. The molecule has 2 aliphatic heterocycles. The van der Waals surface area contributed by atoms with Crippen molar-refractivity contribution in [3.63, 3.8) is 0 Å². The van der Waals surface area contributed by atoms with Crippen molar-refractivity contribution in [3.05, 3.63) is 35.4 Å². The zero-order valence-electron chi connectivity index (χ0n) is 9.06. The van der Waals surface area contributed by atoms with Crippen molar-refractivity contribution in [1.82, 2.24) is 4.90 Å². The molecule has 17 heavy (non-hydrogen) atoms. The highest BCUT2D eigenvalue weighted by Crippen LogP contribution is 2.31. The van der Waals surface area contributed by atoms with Gasteiger partial charge in [0.25, 0.3) is 0 Å². The predicted octanol–water partition coefficient (Wildman–Crippen LogP) is 1.11. The minimum Gasteiger partial charge on any atom is -0.368 e. The first kappa shape index (κ1) is 10.7. The quantitative estimate of drug-likeness (QED) is 0.759. The van der Waals surface area contributed by atoms with Gasteiger partial charge < -0.3 is 5.11 Å². The summed E-state index contributed by atoms with van der Waals surface area (Å²) in [5.41, 5.74) is 0.504. The summed E-state index contributed by atoms with van der Waals surface area (Å²) in [6.07, 6.45) is -0.0476. The molecule has 5 heteroatoms. The summed E-state index contributed by atoms with van der Waals surface area (Å²) in [5.74, 6) is 0.340. The average molecular weight is 251 g/mol. The molecule has 0 radical (unpaired) electrons. The second-order valence-electron chi connectivity index (χ2n) is 4.37. The van der Waals surface area contributed by atoms with Gasteiger partial charge in [0.1, 0.15) is 5.84 Å². The molecule has 0 aromatic heterocycles. The molecule has 1 N–H and O–H groups in total. The first-order chi connectivity index (χ1) is 8.13. The van der Waals surface area contributed by atoms with Crippen LogP contribution in [0.25, 0.3) is 0 Å². The minimum absolute atomic E-state index is 0.0476. The van der Waals surface area contributed by atoms with E-state index in [1.54, 1.807) is 4.90 Å². The number of benzene rings is 1. The van der Waals surface area contributed by atoms with E-state index in [-0.39, 0.29) is 18.2 Å². The van der Waals surface area contributed by atoms with E-state index in [1.165, 1.54) is 0 Å². The Morgan fingerprint density at radius 3 is 3.00 bits per heavy atom. The SMILES string of the molecule is O=C1CC(O)(CCl)N=C2c3ccccc3CN12. The fraction of sp³-hybridized carbons (Fsp3) is 0.333. The summed E-state index contributed by atoms with van der Waals surface area (Å²) in [7, 11) is 0. The van der Waals surface area contributed by atoms with Crippen LogP contribution in [0.5, 0.6) is 0 Å². The number of hydrogen-bond acceptors (Lipinski definition) is 3. The van der Waals surface area contributed by atoms with Crippen LogP contribution in [0.3, 0.4) is 0 Å². The molecule has 0 bridgehead atoms. The van der Waals surface area contributed by atoms with Crippen molar-refractivity contribution >= 4 is 23.3 Å². The third kappa shape index (κ3) is 1.56. The molecule has 0 spiro atoms. The topological polar surface area (TPSA) is 52.9 Å². The molecule has 3 rings (SSSR count). The second-order valence-corrected chi connectivity index (χ2v) is 4.63. The Balaban J connectivity index is 2.14. The van der Waals surface area contributed by atoms with Crippen LogP contribution < -0.4 is 0 Å². The molecule has 2 aliphatic rings. The second kappa shape index (κ2) is 3.55. The Bertz CT molecular complexity index is 529. The molecule has 1 atom stereocenters. The smallest absolute Gasteiger partial charge is 0.233 e. The number of aliphatic imine (C=N–C) groups is 1. The number of fused-ring (bicyclic) bond motifs is 3. The Hall–Kier alpha value is -1.39. The molecule has 0 saturated heterocycles. The highest BCUT2D eigenvalue weighted by Gasteiger charge is 2.41. The first-order valence-corrected chi connectivity index (χ1v) is 5.93. The van der Waals surface area contributed by atoms with Crippen LogP contribution in [-0.2, 0) is 11.3 Å². The van der Waals surface area contributed by atoms with Crippen LogP contribution >= 0.6 is 11.6 Å². The van der Waals surface area contributed by atoms with Gasteiger partial charge in [-0.3, -0.25) is 9.69 Å². The fourth-order valence-corrected chi connectivity index (χ4v) is 2.40. The summed E-state index contributed by atoms with van der Waals surface area (Å²) >= 11 is 5.68. The summed E-state index contributed by atoms with van der Waals surface area (Å²) in [6.45, 7) is 0.534. The Morgan fingerprint density at radius 1 is 1.47 bits per heavy atom. The highest BCUT2D eigenvalue weighted by atomic mass is 35.5. The molecule has 0 aliphatic carbocycles. The number of halogens is 1. The van der Waals surface area contributed by atoms with Gasteiger partial charge in [-0.1, -0.05) is 24.3 Å². The molecule has 1 unspecified atom stereocenters. The maximum Gasteiger partial charge on any atom is 0.233 e. The summed E-state index contributed by atoms with van der Waals surface area (Å²) < 4.78 is 0. The number of aliphatic hydroxyl groups is 1. The van der Waals surface area contributed by atoms with Gasteiger partial charge in [-0.05, 0) is 5.56 Å². The van der Waals surface area contributed by atoms with E-state index in [2.05, 4.69) is 4.99 Å². The first-order valence-electron chi connectivity index (χ1n) is 5.40. The zero-order valence-corrected chi connectivity index (χ0v) is 9.81. The van der Waals surface area contributed by atoms with Crippen LogP contribution in [0.15, 0.2) is 29.3 Å². The van der Waals surface area contributed by atoms with Crippen molar-refractivity contribution in [2.45, 2.75) is 18.7 Å². The maximum atomic E-state index is 11.9. The van der Waals surface area contributed by atoms with Gasteiger partial charge in [0.2, 0.25) is 5.91 Å². The van der Waals surface area contributed by atoms with Gasteiger partial charge >= 0.3 is 0 Å². The molecule has 2 heterocycles. The summed E-state index contributed by atoms with van der Waals surface area (Å²) in [4.78, 5) is 17.8. The van der Waals surface area contributed by atoms with Crippen LogP contribution in [0.4, 0.5) is 0 Å². The zero-order chi connectivity index (χ0) is 12.0. The van der Waals surface area contributed by atoms with Crippen LogP contribution in [0.2, 0.25) is 0 Å². The number of carbonyl (C=O) groups excluding carboxylic acids is 1. The standard InChI is InChI=1S/C12H11ClN2O2/c13-7-12(17)5-10(16)15-6-8-3-1-2-4-9(8)11(15)14-12/h1-4,17H,5-7H2. The minimum atomic E-state index is -1.46. The van der Waals surface area contributed by atoms with E-state index in [9.17, 15) is 9.90 Å². The lowest BCUT2D eigenvalue weighted by Crippen LogP contribution is -2.46. The number of rotatable bonds is 1. The van der Waals surface area contributed by atoms with Gasteiger partial charge in [-0.2, -0.15) is 0 Å². The van der Waals surface area contributed by atoms with Gasteiger partial charge in [0.15, 0.2) is 5.72 Å². The molecule has 0 saturated carbocycles. The monoisotopic (exact) mass is 250 g/mol. The Labute approximate surface area is 104 Å². The normalized spacial score (nSPS) is 26.6. The number of amides is 1. The van der Waals surface area contributed by atoms with E-state index < -0.39 is 5.72 Å². The lowest BCUT2D eigenvalue weighted by molar-refractivity contribution is -0.133. The maximum absolute atomic E-state index is 11.9. The molecular weight excluding hydrogens is 240 g/mol. The summed E-state index contributed by atoms with van der Waals surface area (Å²) in [5, 5.41) is 10.1. The molecule has 1 aromatic rings. The van der Waals surface area contributed by atoms with E-state index in [4.69, 9.17) is 11.6 Å². The lowest BCUT2D eigenvalue weighted by atomic mass is 10.1. The highest BCUT2D eigenvalue weighted by molar-refractivity contribution is 6.19. The number of nitrogens with zero attached hydrogens (tertiary/aromatic N) is 2. The predicted molar refractivity (Wildman–Crippen MR) is 63.8 cm³/mol. The number of hydrogen-bond donors (Lipinski definition) is 1. The average Bonchev–Trinajstić information content (AvgIpc) is 2.69. The van der Waals surface area contributed by atoms with Crippen LogP contribution in [0.1, 0.15) is 17.5 Å². The van der Waals surface area contributed by atoms with Crippen molar-refractivity contribution in [2.24, 2.45) is 4.99 Å². The molecule has 0 fully saturated rings. The van der Waals surface area contributed by atoms with Gasteiger partial charge in [0.05, 0.1) is 18.8 Å². The van der Waals surface area contributed by atoms with E-state index >= 15 is 0 Å². The number of carbonyl (C=O) groups is 1. The van der Waals surface area contributed by atoms with Crippen molar-refractivity contribution in [2.75, 3.05) is 5.88 Å².